The predicted molar refractivity (Wildman–Crippen MR) is 96.4 cm³/mol. The average molecular weight is 335 g/mol. The molecule has 1 aliphatic carbocycles. The van der Waals surface area contributed by atoms with Gasteiger partial charge in [-0.05, 0) is 41.7 Å². The van der Waals surface area contributed by atoms with Gasteiger partial charge in [-0.1, -0.05) is 41.6 Å². The van der Waals surface area contributed by atoms with Gasteiger partial charge in [0.05, 0.1) is 6.04 Å². The fourth-order valence-corrected chi connectivity index (χ4v) is 3.49. The van der Waals surface area contributed by atoms with Crippen LogP contribution in [0.15, 0.2) is 47.0 Å². The minimum Gasteiger partial charge on any atom is -0.360 e. The second kappa shape index (κ2) is 6.69. The van der Waals surface area contributed by atoms with Crippen molar-refractivity contribution in [1.82, 2.24) is 10.5 Å². The van der Waals surface area contributed by atoms with E-state index >= 15 is 0 Å². The summed E-state index contributed by atoms with van der Waals surface area (Å²) in [5.41, 5.74) is 8.29. The molecule has 3 aromatic rings. The Balaban J connectivity index is 1.58. The third-order valence-electron chi connectivity index (χ3n) is 4.88. The number of carbonyl (C=O) groups excluding carboxylic acids is 1. The van der Waals surface area contributed by atoms with Gasteiger partial charge in [0.1, 0.15) is 5.76 Å². The van der Waals surface area contributed by atoms with Crippen molar-refractivity contribution in [2.24, 2.45) is 5.73 Å². The highest BCUT2D eigenvalue weighted by Crippen LogP contribution is 2.25. The molecule has 0 radical (unpaired) electrons. The van der Waals surface area contributed by atoms with Gasteiger partial charge in [0.2, 0.25) is 0 Å². The van der Waals surface area contributed by atoms with Crippen LogP contribution >= 0.6 is 0 Å². The molecule has 0 saturated heterocycles. The van der Waals surface area contributed by atoms with Gasteiger partial charge in [-0.2, -0.15) is 0 Å². The van der Waals surface area contributed by atoms with Crippen LogP contribution in [-0.4, -0.2) is 17.6 Å². The largest absolute Gasteiger partial charge is 0.360 e. The summed E-state index contributed by atoms with van der Waals surface area (Å²) in [4.78, 5) is 12.7. The second-order valence-electron chi connectivity index (χ2n) is 6.51. The third kappa shape index (κ3) is 3.03. The Kier molecular flexibility index (Phi) is 4.24. The van der Waals surface area contributed by atoms with Crippen molar-refractivity contribution in [2.75, 3.05) is 6.54 Å². The Bertz CT molecular complexity index is 916. The summed E-state index contributed by atoms with van der Waals surface area (Å²) in [6.07, 6.45) is 3.87. The number of fused-ring (bicyclic) bond motifs is 2. The lowest BCUT2D eigenvalue weighted by Crippen LogP contribution is -2.34. The van der Waals surface area contributed by atoms with Crippen LogP contribution in [0.25, 0.3) is 10.8 Å². The van der Waals surface area contributed by atoms with Gasteiger partial charge in [0.25, 0.3) is 5.91 Å². The molecule has 0 spiro atoms. The van der Waals surface area contributed by atoms with E-state index in [1.165, 1.54) is 5.39 Å². The Morgan fingerprint density at radius 3 is 2.80 bits per heavy atom. The molecule has 5 heteroatoms. The maximum Gasteiger partial charge on any atom is 0.274 e. The van der Waals surface area contributed by atoms with E-state index in [2.05, 4.69) is 34.7 Å². The standard InChI is InChI=1S/C20H21N3O2/c21-12-17(15-10-9-13-5-1-2-6-14(13)11-15)22-20(24)19-16-7-3-4-8-18(16)25-23-19/h1-2,5-6,9-11,17H,3-4,7-8,12,21H2,(H,22,24). The van der Waals surface area contributed by atoms with Crippen LogP contribution in [0.4, 0.5) is 0 Å². The van der Waals surface area contributed by atoms with Crippen molar-refractivity contribution in [2.45, 2.75) is 31.7 Å². The lowest BCUT2D eigenvalue weighted by molar-refractivity contribution is 0.0928. The summed E-state index contributed by atoms with van der Waals surface area (Å²) in [5.74, 6) is 0.641. The molecule has 0 bridgehead atoms. The first-order chi connectivity index (χ1) is 12.3. The summed E-state index contributed by atoms with van der Waals surface area (Å²) in [7, 11) is 0. The first-order valence-corrected chi connectivity index (χ1v) is 8.73. The Morgan fingerprint density at radius 2 is 1.96 bits per heavy atom. The van der Waals surface area contributed by atoms with Crippen LogP contribution in [0.2, 0.25) is 0 Å². The Morgan fingerprint density at radius 1 is 1.16 bits per heavy atom. The van der Waals surface area contributed by atoms with Crippen molar-refractivity contribution < 1.29 is 9.32 Å². The van der Waals surface area contributed by atoms with Gasteiger partial charge in [-0.3, -0.25) is 4.79 Å². The highest BCUT2D eigenvalue weighted by atomic mass is 16.5. The quantitative estimate of drug-likeness (QED) is 0.767. The molecule has 2 aromatic carbocycles. The van der Waals surface area contributed by atoms with Gasteiger partial charge < -0.3 is 15.6 Å². The van der Waals surface area contributed by atoms with Crippen molar-refractivity contribution in [3.8, 4) is 0 Å². The van der Waals surface area contributed by atoms with E-state index in [-0.39, 0.29) is 11.9 Å². The van der Waals surface area contributed by atoms with Crippen LogP contribution in [0.3, 0.4) is 0 Å². The lowest BCUT2D eigenvalue weighted by atomic mass is 9.96. The predicted octanol–water partition coefficient (Wildman–Crippen LogP) is 3.14. The van der Waals surface area contributed by atoms with Crippen molar-refractivity contribution in [3.05, 3.63) is 65.0 Å². The average Bonchev–Trinajstić information content (AvgIpc) is 3.10. The van der Waals surface area contributed by atoms with Gasteiger partial charge >= 0.3 is 0 Å². The van der Waals surface area contributed by atoms with E-state index < -0.39 is 0 Å². The van der Waals surface area contributed by atoms with Crippen molar-refractivity contribution >= 4 is 16.7 Å². The van der Waals surface area contributed by atoms with Crippen LogP contribution in [0.1, 0.15) is 46.3 Å². The summed E-state index contributed by atoms with van der Waals surface area (Å²) < 4.78 is 5.34. The van der Waals surface area contributed by atoms with Crippen molar-refractivity contribution in [3.63, 3.8) is 0 Å². The highest BCUT2D eigenvalue weighted by Gasteiger charge is 2.25. The Labute approximate surface area is 146 Å². The molecule has 0 fully saturated rings. The number of nitrogens with one attached hydrogen (secondary N) is 1. The summed E-state index contributed by atoms with van der Waals surface area (Å²) >= 11 is 0. The first-order valence-electron chi connectivity index (χ1n) is 8.73. The maximum absolute atomic E-state index is 12.7. The molecule has 1 atom stereocenters. The monoisotopic (exact) mass is 335 g/mol. The van der Waals surface area contributed by atoms with Gasteiger partial charge in [0.15, 0.2) is 5.69 Å². The molecule has 5 nitrogen and oxygen atoms in total. The van der Waals surface area contributed by atoms with Gasteiger partial charge in [-0.15, -0.1) is 0 Å². The molecule has 3 N–H and O–H groups in total. The number of aryl methyl sites for hydroxylation is 1. The van der Waals surface area contributed by atoms with Crippen LogP contribution in [0, 0.1) is 0 Å². The maximum atomic E-state index is 12.7. The zero-order chi connectivity index (χ0) is 17.2. The number of benzene rings is 2. The van der Waals surface area contributed by atoms with Gasteiger partial charge in [-0.25, -0.2) is 0 Å². The zero-order valence-corrected chi connectivity index (χ0v) is 14.0. The van der Waals surface area contributed by atoms with E-state index in [0.717, 1.165) is 48.0 Å². The number of rotatable bonds is 4. The minimum absolute atomic E-state index is 0.212. The minimum atomic E-state index is -0.256. The van der Waals surface area contributed by atoms with E-state index in [0.29, 0.717) is 12.2 Å². The fraction of sp³-hybridized carbons (Fsp3) is 0.300. The van der Waals surface area contributed by atoms with Gasteiger partial charge in [0, 0.05) is 18.5 Å². The molecule has 4 rings (SSSR count). The molecule has 1 amide bonds. The zero-order valence-electron chi connectivity index (χ0n) is 14.0. The fourth-order valence-electron chi connectivity index (χ4n) is 3.49. The Hall–Kier alpha value is -2.66. The second-order valence-corrected chi connectivity index (χ2v) is 6.51. The third-order valence-corrected chi connectivity index (χ3v) is 4.88. The van der Waals surface area contributed by atoms with Crippen LogP contribution < -0.4 is 11.1 Å². The van der Waals surface area contributed by atoms with Crippen LogP contribution in [0.5, 0.6) is 0 Å². The first kappa shape index (κ1) is 15.8. The molecule has 1 heterocycles. The van der Waals surface area contributed by atoms with E-state index in [4.69, 9.17) is 10.3 Å². The number of nitrogens with two attached hydrogens (primary N) is 1. The SMILES string of the molecule is NCC(NC(=O)c1noc2c1CCCC2)c1ccc2ccccc2c1. The summed E-state index contributed by atoms with van der Waals surface area (Å²) in [6.45, 7) is 0.324. The molecule has 25 heavy (non-hydrogen) atoms. The number of carbonyl (C=O) groups is 1. The molecule has 1 aliphatic rings. The normalized spacial score (nSPS) is 14.9. The highest BCUT2D eigenvalue weighted by molar-refractivity contribution is 5.94. The molecule has 1 aromatic heterocycles. The number of aromatic nitrogens is 1. The van der Waals surface area contributed by atoms with E-state index in [9.17, 15) is 4.79 Å². The number of hydrogen-bond donors (Lipinski definition) is 2. The van der Waals surface area contributed by atoms with E-state index in [1.807, 2.05) is 18.2 Å². The van der Waals surface area contributed by atoms with Crippen LogP contribution in [-0.2, 0) is 12.8 Å². The molecule has 0 aliphatic heterocycles. The van der Waals surface area contributed by atoms with Crippen molar-refractivity contribution in [1.29, 1.82) is 0 Å². The summed E-state index contributed by atoms with van der Waals surface area (Å²) in [5, 5.41) is 9.31. The lowest BCUT2D eigenvalue weighted by Gasteiger charge is -2.18. The topological polar surface area (TPSA) is 81.1 Å². The number of hydrogen-bond acceptors (Lipinski definition) is 4. The molecular formula is C20H21N3O2. The molecular weight excluding hydrogens is 314 g/mol. The van der Waals surface area contributed by atoms with E-state index in [1.54, 1.807) is 0 Å². The molecule has 128 valence electrons. The molecule has 1 unspecified atom stereocenters. The number of amides is 1. The number of nitrogens with zero attached hydrogens (tertiary/aromatic N) is 1. The smallest absolute Gasteiger partial charge is 0.274 e. The molecule has 0 saturated carbocycles. The summed E-state index contributed by atoms with van der Waals surface area (Å²) in [6, 6.07) is 14.0.